The molecule has 5 rings (SSSR count). The standard InChI is InChI=1S/C26H30ClN7O3S/c1-33(2)26(37)15-5-7-17(28-23(35)21-10-14-4-6-16(27)12-19(14)31-32-21)20(11-15)29-24(36)25-30-18-8-9-34(3)13-22(18)38-25/h4,6,10,12,15,17,20H,5,7-9,11,13H2,1-3H3,(H,28,35)(H,29,36)/t15-,17-,20-/m0/s1. The van der Waals surface area contributed by atoms with Gasteiger partial charge in [0.05, 0.1) is 17.3 Å². The molecular formula is C26H30ClN7O3S. The number of rotatable bonds is 5. The Kier molecular flexibility index (Phi) is 7.60. The molecule has 0 bridgehead atoms. The molecule has 3 heterocycles. The van der Waals surface area contributed by atoms with Crippen molar-refractivity contribution in [1.82, 2.24) is 35.6 Å². The van der Waals surface area contributed by atoms with E-state index in [4.69, 9.17) is 11.6 Å². The molecule has 3 amide bonds. The molecule has 1 saturated carbocycles. The number of carbonyl (C=O) groups excluding carboxylic acids is 3. The van der Waals surface area contributed by atoms with Crippen LogP contribution in [0.25, 0.3) is 10.9 Å². The minimum atomic E-state index is -0.440. The minimum Gasteiger partial charge on any atom is -0.349 e. The first-order valence-corrected chi connectivity index (χ1v) is 13.8. The number of fused-ring (bicyclic) bond motifs is 2. The first kappa shape index (κ1) is 26.5. The molecule has 0 spiro atoms. The SMILES string of the molecule is CN1CCc2nc(C(=O)N[C@H]3C[C@@H](C(=O)N(C)C)CC[C@@H]3NC(=O)c3cc4ccc(Cl)cc4nn3)sc2C1. The molecule has 0 saturated heterocycles. The smallest absolute Gasteiger partial charge is 0.280 e. The van der Waals surface area contributed by atoms with Crippen LogP contribution < -0.4 is 10.6 Å². The second-order valence-electron chi connectivity index (χ2n) is 10.2. The van der Waals surface area contributed by atoms with Gasteiger partial charge in [0.25, 0.3) is 11.8 Å². The topological polar surface area (TPSA) is 120 Å². The molecule has 2 aromatic heterocycles. The summed E-state index contributed by atoms with van der Waals surface area (Å²) in [6.45, 7) is 1.69. The number of thiazole rings is 1. The number of benzene rings is 1. The van der Waals surface area contributed by atoms with Gasteiger partial charge < -0.3 is 20.4 Å². The molecule has 0 unspecified atom stereocenters. The van der Waals surface area contributed by atoms with E-state index < -0.39 is 6.04 Å². The number of aromatic nitrogens is 3. The molecular weight excluding hydrogens is 526 g/mol. The van der Waals surface area contributed by atoms with Crippen molar-refractivity contribution in [2.75, 3.05) is 27.7 Å². The number of nitrogens with zero attached hydrogens (tertiary/aromatic N) is 5. The summed E-state index contributed by atoms with van der Waals surface area (Å²) in [7, 11) is 5.51. The van der Waals surface area contributed by atoms with Crippen LogP contribution >= 0.6 is 22.9 Å². The molecule has 2 N–H and O–H groups in total. The molecule has 2 aliphatic rings. The highest BCUT2D eigenvalue weighted by Gasteiger charge is 2.37. The lowest BCUT2D eigenvalue weighted by molar-refractivity contribution is -0.134. The average Bonchev–Trinajstić information content (AvgIpc) is 3.32. The number of likely N-dealkylation sites (N-methyl/N-ethyl adjacent to an activating group) is 1. The van der Waals surface area contributed by atoms with Crippen molar-refractivity contribution in [2.45, 2.75) is 44.3 Å². The Labute approximate surface area is 229 Å². The lowest BCUT2D eigenvalue weighted by Crippen LogP contribution is -2.56. The predicted molar refractivity (Wildman–Crippen MR) is 145 cm³/mol. The Morgan fingerprint density at radius 2 is 1.87 bits per heavy atom. The molecule has 10 nitrogen and oxygen atoms in total. The van der Waals surface area contributed by atoms with Crippen LogP contribution in [0.4, 0.5) is 0 Å². The Morgan fingerprint density at radius 1 is 1.08 bits per heavy atom. The van der Waals surface area contributed by atoms with Crippen LogP contribution in [0, 0.1) is 5.92 Å². The summed E-state index contributed by atoms with van der Waals surface area (Å²) in [4.78, 5) is 48.7. The lowest BCUT2D eigenvalue weighted by Gasteiger charge is -2.37. The Bertz CT molecular complexity index is 1390. The van der Waals surface area contributed by atoms with Crippen molar-refractivity contribution in [2.24, 2.45) is 5.92 Å². The second kappa shape index (κ2) is 10.9. The van der Waals surface area contributed by atoms with Crippen LogP contribution in [0.5, 0.6) is 0 Å². The van der Waals surface area contributed by atoms with E-state index in [9.17, 15) is 14.4 Å². The molecule has 200 valence electrons. The van der Waals surface area contributed by atoms with E-state index in [-0.39, 0.29) is 35.4 Å². The van der Waals surface area contributed by atoms with E-state index >= 15 is 0 Å². The van der Waals surface area contributed by atoms with Crippen LogP contribution in [0.2, 0.25) is 5.02 Å². The van der Waals surface area contributed by atoms with Gasteiger partial charge in [0.2, 0.25) is 5.91 Å². The van der Waals surface area contributed by atoms with Crippen LogP contribution in [0.1, 0.15) is 50.1 Å². The second-order valence-corrected chi connectivity index (χ2v) is 11.7. The van der Waals surface area contributed by atoms with Crippen molar-refractivity contribution < 1.29 is 14.4 Å². The molecule has 0 radical (unpaired) electrons. The van der Waals surface area contributed by atoms with Crippen LogP contribution in [-0.2, 0) is 17.8 Å². The van der Waals surface area contributed by atoms with Gasteiger partial charge in [-0.3, -0.25) is 14.4 Å². The van der Waals surface area contributed by atoms with Crippen molar-refractivity contribution in [3.63, 3.8) is 0 Å². The van der Waals surface area contributed by atoms with Crippen LogP contribution in [0.15, 0.2) is 24.3 Å². The van der Waals surface area contributed by atoms with Crippen molar-refractivity contribution in [3.05, 3.63) is 50.6 Å². The third-order valence-electron chi connectivity index (χ3n) is 7.17. The fraction of sp³-hybridized carbons (Fsp3) is 0.462. The lowest BCUT2D eigenvalue weighted by atomic mass is 9.81. The highest BCUT2D eigenvalue weighted by atomic mass is 35.5. The highest BCUT2D eigenvalue weighted by molar-refractivity contribution is 7.13. The van der Waals surface area contributed by atoms with E-state index in [2.05, 4.69) is 37.8 Å². The number of carbonyl (C=O) groups is 3. The molecule has 1 aromatic carbocycles. The summed E-state index contributed by atoms with van der Waals surface area (Å²) in [5.41, 5.74) is 1.75. The monoisotopic (exact) mass is 555 g/mol. The van der Waals surface area contributed by atoms with E-state index in [0.29, 0.717) is 34.8 Å². The summed E-state index contributed by atoms with van der Waals surface area (Å²) in [6, 6.07) is 6.06. The zero-order valence-corrected chi connectivity index (χ0v) is 23.1. The number of halogens is 1. The fourth-order valence-corrected chi connectivity index (χ4v) is 6.36. The Balaban J connectivity index is 1.34. The fourth-order valence-electron chi connectivity index (χ4n) is 5.11. The van der Waals surface area contributed by atoms with Gasteiger partial charge in [-0.15, -0.1) is 21.5 Å². The van der Waals surface area contributed by atoms with E-state index in [1.807, 2.05) is 0 Å². The average molecular weight is 556 g/mol. The number of hydrogen-bond acceptors (Lipinski definition) is 8. The molecule has 1 aliphatic carbocycles. The zero-order valence-electron chi connectivity index (χ0n) is 21.5. The summed E-state index contributed by atoms with van der Waals surface area (Å²) in [6.07, 6.45) is 2.38. The number of hydrogen-bond donors (Lipinski definition) is 2. The maximum atomic E-state index is 13.3. The number of amides is 3. The number of nitrogens with one attached hydrogen (secondary N) is 2. The maximum absolute atomic E-state index is 13.3. The largest absolute Gasteiger partial charge is 0.349 e. The van der Waals surface area contributed by atoms with Crippen LogP contribution in [0.3, 0.4) is 0 Å². The third-order valence-corrected chi connectivity index (χ3v) is 8.49. The summed E-state index contributed by atoms with van der Waals surface area (Å²) < 4.78 is 0. The van der Waals surface area contributed by atoms with Crippen molar-refractivity contribution >= 4 is 51.6 Å². The highest BCUT2D eigenvalue weighted by Crippen LogP contribution is 2.29. The van der Waals surface area contributed by atoms with Gasteiger partial charge >= 0.3 is 0 Å². The van der Waals surface area contributed by atoms with Crippen molar-refractivity contribution in [3.8, 4) is 0 Å². The van der Waals surface area contributed by atoms with Crippen LogP contribution in [-0.4, -0.2) is 82.5 Å². The molecule has 38 heavy (non-hydrogen) atoms. The third kappa shape index (κ3) is 5.64. The summed E-state index contributed by atoms with van der Waals surface area (Å²) in [5, 5.41) is 16.0. The van der Waals surface area contributed by atoms with Gasteiger partial charge in [-0.25, -0.2) is 4.98 Å². The van der Waals surface area contributed by atoms with Gasteiger partial charge in [0.1, 0.15) is 0 Å². The minimum absolute atomic E-state index is 0.0147. The molecule has 12 heteroatoms. The normalized spacial score (nSPS) is 21.5. The quantitative estimate of drug-likeness (QED) is 0.496. The Hall–Kier alpha value is -3.15. The van der Waals surface area contributed by atoms with E-state index in [1.165, 1.54) is 11.3 Å². The van der Waals surface area contributed by atoms with Gasteiger partial charge in [-0.1, -0.05) is 17.7 Å². The van der Waals surface area contributed by atoms with Gasteiger partial charge in [-0.05, 0) is 44.5 Å². The van der Waals surface area contributed by atoms with Crippen molar-refractivity contribution in [1.29, 1.82) is 0 Å². The molecule has 3 aromatic rings. The summed E-state index contributed by atoms with van der Waals surface area (Å²) >= 11 is 7.43. The first-order valence-electron chi connectivity index (χ1n) is 12.6. The molecule has 1 fully saturated rings. The van der Waals surface area contributed by atoms with E-state index in [0.717, 1.165) is 35.5 Å². The van der Waals surface area contributed by atoms with Gasteiger partial charge in [0.15, 0.2) is 10.7 Å². The summed E-state index contributed by atoms with van der Waals surface area (Å²) in [5.74, 6) is -0.895. The molecule has 3 atom stereocenters. The first-order chi connectivity index (χ1) is 18.2. The maximum Gasteiger partial charge on any atom is 0.280 e. The predicted octanol–water partition coefficient (Wildman–Crippen LogP) is 2.51. The molecule has 1 aliphatic heterocycles. The zero-order chi connectivity index (χ0) is 27.0. The Morgan fingerprint density at radius 3 is 2.66 bits per heavy atom. The van der Waals surface area contributed by atoms with E-state index in [1.54, 1.807) is 43.3 Å². The van der Waals surface area contributed by atoms with Gasteiger partial charge in [-0.2, -0.15) is 0 Å². The van der Waals surface area contributed by atoms with Gasteiger partial charge in [0, 0.05) is 60.9 Å².